The molecule has 0 saturated heterocycles. The van der Waals surface area contributed by atoms with Gasteiger partial charge in [-0.25, -0.2) is 19.3 Å². The van der Waals surface area contributed by atoms with Crippen LogP contribution in [0, 0.1) is 12.7 Å². The summed E-state index contributed by atoms with van der Waals surface area (Å²) in [5.41, 5.74) is 3.65. The summed E-state index contributed by atoms with van der Waals surface area (Å²) in [5.74, 6) is 0.290. The van der Waals surface area contributed by atoms with Crippen LogP contribution in [0.2, 0.25) is 0 Å². The third kappa shape index (κ3) is 2.77. The topological polar surface area (TPSA) is 47.9 Å². The van der Waals surface area contributed by atoms with Crippen molar-refractivity contribution in [1.82, 2.24) is 15.0 Å². The van der Waals surface area contributed by atoms with E-state index in [1.165, 1.54) is 13.2 Å². The minimum absolute atomic E-state index is 0.180. The molecule has 0 unspecified atom stereocenters. The average Bonchev–Trinajstić information content (AvgIpc) is 2.68. The Morgan fingerprint density at radius 3 is 2.62 bits per heavy atom. The van der Waals surface area contributed by atoms with E-state index in [2.05, 4.69) is 9.97 Å². The normalized spacial score (nSPS) is 10.9. The second-order valence-electron chi connectivity index (χ2n) is 5.94. The molecular weight excluding hydrogens is 329 g/mol. The molecule has 0 fully saturated rings. The predicted molar refractivity (Wildman–Crippen MR) is 99.5 cm³/mol. The molecule has 0 aliphatic carbocycles. The van der Waals surface area contributed by atoms with Gasteiger partial charge < -0.3 is 4.74 Å². The zero-order valence-corrected chi connectivity index (χ0v) is 14.4. The van der Waals surface area contributed by atoms with Gasteiger partial charge in [0.05, 0.1) is 18.3 Å². The first kappa shape index (κ1) is 16.1. The number of para-hydroxylation sites is 2. The molecule has 4 nitrogen and oxygen atoms in total. The van der Waals surface area contributed by atoms with Gasteiger partial charge in [-0.3, -0.25) is 0 Å². The Labute approximate surface area is 150 Å². The first-order valence-electron chi connectivity index (χ1n) is 8.20. The third-order valence-corrected chi connectivity index (χ3v) is 4.24. The van der Waals surface area contributed by atoms with Crippen molar-refractivity contribution < 1.29 is 9.13 Å². The molecular formula is C21H16FN3O. The molecule has 2 heterocycles. The van der Waals surface area contributed by atoms with Gasteiger partial charge in [0.1, 0.15) is 5.69 Å². The van der Waals surface area contributed by atoms with Crippen LogP contribution < -0.4 is 4.74 Å². The van der Waals surface area contributed by atoms with Gasteiger partial charge in [-0.05, 0) is 36.8 Å². The van der Waals surface area contributed by atoms with Gasteiger partial charge in [0.25, 0.3) is 0 Å². The minimum Gasteiger partial charge on any atom is -0.493 e. The average molecular weight is 345 g/mol. The molecule has 0 aliphatic heterocycles. The molecule has 0 aliphatic rings. The van der Waals surface area contributed by atoms with Gasteiger partial charge in [0.2, 0.25) is 0 Å². The van der Waals surface area contributed by atoms with Crippen LogP contribution in [0.25, 0.3) is 33.7 Å². The van der Waals surface area contributed by atoms with E-state index in [1.807, 2.05) is 43.3 Å². The SMILES string of the molecule is COc1c(F)cccc1-c1nc(-c2ncc3ccccc3n2)ccc1C. The van der Waals surface area contributed by atoms with E-state index in [-0.39, 0.29) is 5.75 Å². The van der Waals surface area contributed by atoms with Crippen molar-refractivity contribution in [3.63, 3.8) is 0 Å². The van der Waals surface area contributed by atoms with E-state index < -0.39 is 5.82 Å². The summed E-state index contributed by atoms with van der Waals surface area (Å²) in [7, 11) is 1.45. The molecule has 4 rings (SSSR count). The Hall–Kier alpha value is -3.34. The van der Waals surface area contributed by atoms with E-state index in [9.17, 15) is 4.39 Å². The van der Waals surface area contributed by atoms with Crippen LogP contribution in [-0.4, -0.2) is 22.1 Å². The maximum Gasteiger partial charge on any atom is 0.178 e. The predicted octanol–water partition coefficient (Wildman–Crippen LogP) is 4.81. The Morgan fingerprint density at radius 1 is 0.923 bits per heavy atom. The van der Waals surface area contributed by atoms with Crippen molar-refractivity contribution in [3.05, 3.63) is 72.2 Å². The number of hydrogen-bond acceptors (Lipinski definition) is 4. The lowest BCUT2D eigenvalue weighted by molar-refractivity contribution is 0.388. The number of aromatic nitrogens is 3. The smallest absolute Gasteiger partial charge is 0.178 e. The van der Waals surface area contributed by atoms with Crippen molar-refractivity contribution in [1.29, 1.82) is 0 Å². The highest BCUT2D eigenvalue weighted by Gasteiger charge is 2.15. The quantitative estimate of drug-likeness (QED) is 0.534. The molecule has 2 aromatic heterocycles. The van der Waals surface area contributed by atoms with Crippen molar-refractivity contribution in [2.75, 3.05) is 7.11 Å². The largest absolute Gasteiger partial charge is 0.493 e. The monoisotopic (exact) mass is 345 g/mol. The van der Waals surface area contributed by atoms with Crippen molar-refractivity contribution in [2.24, 2.45) is 0 Å². The Balaban J connectivity index is 1.87. The number of methoxy groups -OCH3 is 1. The summed E-state index contributed by atoms with van der Waals surface area (Å²) in [6, 6.07) is 16.4. The second kappa shape index (κ2) is 6.52. The second-order valence-corrected chi connectivity index (χ2v) is 5.94. The lowest BCUT2D eigenvalue weighted by Crippen LogP contribution is -1.98. The molecule has 0 amide bonds. The highest BCUT2D eigenvalue weighted by Crippen LogP contribution is 2.34. The lowest BCUT2D eigenvalue weighted by atomic mass is 10.0. The summed E-state index contributed by atoms with van der Waals surface area (Å²) < 4.78 is 19.3. The maximum atomic E-state index is 14.1. The number of rotatable bonds is 3. The highest BCUT2D eigenvalue weighted by atomic mass is 19.1. The molecule has 0 saturated carbocycles. The number of aryl methyl sites for hydroxylation is 1. The number of nitrogens with zero attached hydrogens (tertiary/aromatic N) is 3. The first-order chi connectivity index (χ1) is 12.7. The zero-order valence-electron chi connectivity index (χ0n) is 14.4. The molecule has 5 heteroatoms. The van der Waals surface area contributed by atoms with Crippen LogP contribution in [0.5, 0.6) is 5.75 Å². The van der Waals surface area contributed by atoms with E-state index in [0.717, 1.165) is 16.5 Å². The van der Waals surface area contributed by atoms with Gasteiger partial charge in [-0.1, -0.05) is 30.3 Å². The lowest BCUT2D eigenvalue weighted by Gasteiger charge is -2.12. The number of fused-ring (bicyclic) bond motifs is 1. The van der Waals surface area contributed by atoms with Crippen LogP contribution in [0.4, 0.5) is 4.39 Å². The molecule has 0 atom stereocenters. The van der Waals surface area contributed by atoms with Gasteiger partial charge in [0.15, 0.2) is 17.4 Å². The summed E-state index contributed by atoms with van der Waals surface area (Å²) in [6.07, 6.45) is 1.78. The number of pyridine rings is 1. The molecule has 4 aromatic rings. The summed E-state index contributed by atoms with van der Waals surface area (Å²) in [5, 5.41) is 0.968. The third-order valence-electron chi connectivity index (χ3n) is 4.24. The number of hydrogen-bond donors (Lipinski definition) is 0. The number of ether oxygens (including phenoxy) is 1. The molecule has 26 heavy (non-hydrogen) atoms. The van der Waals surface area contributed by atoms with Crippen LogP contribution in [0.1, 0.15) is 5.56 Å². The van der Waals surface area contributed by atoms with Gasteiger partial charge in [0, 0.05) is 17.1 Å². The van der Waals surface area contributed by atoms with Gasteiger partial charge >= 0.3 is 0 Å². The molecule has 0 spiro atoms. The van der Waals surface area contributed by atoms with Crippen LogP contribution >= 0.6 is 0 Å². The minimum atomic E-state index is -0.418. The van der Waals surface area contributed by atoms with Crippen molar-refractivity contribution in [3.8, 4) is 28.5 Å². The molecule has 0 N–H and O–H groups in total. The van der Waals surface area contributed by atoms with E-state index >= 15 is 0 Å². The fourth-order valence-electron chi connectivity index (χ4n) is 2.92. The summed E-state index contributed by atoms with van der Waals surface area (Å²) >= 11 is 0. The highest BCUT2D eigenvalue weighted by molar-refractivity contribution is 5.79. The van der Waals surface area contributed by atoms with Crippen molar-refractivity contribution >= 4 is 10.9 Å². The van der Waals surface area contributed by atoms with E-state index in [1.54, 1.807) is 18.3 Å². The summed E-state index contributed by atoms with van der Waals surface area (Å²) in [4.78, 5) is 13.7. The molecule has 0 bridgehead atoms. The fourth-order valence-corrected chi connectivity index (χ4v) is 2.92. The van der Waals surface area contributed by atoms with Crippen LogP contribution in [0.15, 0.2) is 60.8 Å². The van der Waals surface area contributed by atoms with Crippen LogP contribution in [0.3, 0.4) is 0 Å². The number of halogens is 1. The molecule has 0 radical (unpaired) electrons. The van der Waals surface area contributed by atoms with Gasteiger partial charge in [-0.2, -0.15) is 0 Å². The van der Waals surface area contributed by atoms with E-state index in [0.29, 0.717) is 22.8 Å². The zero-order chi connectivity index (χ0) is 18.1. The van der Waals surface area contributed by atoms with E-state index in [4.69, 9.17) is 9.72 Å². The molecule has 128 valence electrons. The van der Waals surface area contributed by atoms with Gasteiger partial charge in [-0.15, -0.1) is 0 Å². The van der Waals surface area contributed by atoms with Crippen molar-refractivity contribution in [2.45, 2.75) is 6.92 Å². The van der Waals surface area contributed by atoms with Crippen LogP contribution in [-0.2, 0) is 0 Å². The Kier molecular flexibility index (Phi) is 4.05. The first-order valence-corrected chi connectivity index (χ1v) is 8.20. The Morgan fingerprint density at radius 2 is 1.77 bits per heavy atom. The standard InChI is InChI=1S/C21H16FN3O/c1-13-10-11-18(21-23-12-14-6-3-4-9-17(14)25-21)24-19(13)15-7-5-8-16(22)20(15)26-2/h3-12H,1-2H3. The Bertz CT molecular complexity index is 1110. The maximum absolute atomic E-state index is 14.1. The molecule has 2 aromatic carbocycles. The fraction of sp³-hybridized carbons (Fsp3) is 0.0952. The summed E-state index contributed by atoms with van der Waals surface area (Å²) in [6.45, 7) is 1.93. The number of benzene rings is 2.